The van der Waals surface area contributed by atoms with Crippen LogP contribution in [0.1, 0.15) is 31.1 Å². The lowest BCUT2D eigenvalue weighted by molar-refractivity contribution is 0.0681. The molecule has 0 fully saturated rings. The molecule has 1 aromatic rings. The first-order valence-electron chi connectivity index (χ1n) is 5.69. The quantitative estimate of drug-likeness (QED) is 0.294. The van der Waals surface area contributed by atoms with Gasteiger partial charge in [0.25, 0.3) is 0 Å². The molecule has 1 N–H and O–H groups in total. The van der Waals surface area contributed by atoms with Gasteiger partial charge >= 0.3 is 5.97 Å². The molecule has 110 valence electrons. The van der Waals surface area contributed by atoms with E-state index in [0.717, 1.165) is 0 Å². The van der Waals surface area contributed by atoms with E-state index in [0.29, 0.717) is 0 Å². The first-order valence-corrected chi connectivity index (χ1v) is 6.44. The summed E-state index contributed by atoms with van der Waals surface area (Å²) in [4.78, 5) is 12.1. The number of nitrogens with zero attached hydrogens (tertiary/aromatic N) is 1. The van der Waals surface area contributed by atoms with Crippen LogP contribution in [-0.4, -0.2) is 24.2 Å². The molecule has 0 amide bonds. The Hall–Kier alpha value is -1.46. The Labute approximate surface area is 127 Å². The molecule has 0 saturated heterocycles. The van der Waals surface area contributed by atoms with Gasteiger partial charge in [0.15, 0.2) is 5.75 Å². The van der Waals surface area contributed by atoms with Crippen molar-refractivity contribution in [3.63, 3.8) is 0 Å². The largest absolute Gasteiger partial charge is 0.494 e. The van der Waals surface area contributed by atoms with Gasteiger partial charge in [0.1, 0.15) is 0 Å². The monoisotopic (exact) mass is 319 g/mol. The van der Waals surface area contributed by atoms with E-state index in [2.05, 4.69) is 5.16 Å². The molecule has 0 aromatic heterocycles. The Kier molecular flexibility index (Phi) is 5.25. The highest BCUT2D eigenvalue weighted by Gasteiger charge is 2.27. The normalized spacial score (nSPS) is 12.2. The first kappa shape index (κ1) is 16.6. The average molecular weight is 320 g/mol. The molecule has 0 atom stereocenters. The van der Waals surface area contributed by atoms with Gasteiger partial charge in [-0.15, -0.1) is 0 Å². The van der Waals surface area contributed by atoms with Crippen molar-refractivity contribution in [1.82, 2.24) is 0 Å². The Morgan fingerprint density at radius 3 is 2.35 bits per heavy atom. The van der Waals surface area contributed by atoms with E-state index < -0.39 is 11.4 Å². The van der Waals surface area contributed by atoms with Crippen molar-refractivity contribution in [2.45, 2.75) is 20.8 Å². The van der Waals surface area contributed by atoms with Crippen LogP contribution < -0.4 is 4.74 Å². The van der Waals surface area contributed by atoms with Gasteiger partial charge in [0.05, 0.1) is 22.7 Å². The summed E-state index contributed by atoms with van der Waals surface area (Å²) in [6.45, 7) is 5.21. The minimum absolute atomic E-state index is 0.0381. The summed E-state index contributed by atoms with van der Waals surface area (Å²) in [7, 11) is 1.39. The van der Waals surface area contributed by atoms with Gasteiger partial charge in [-0.05, 0) is 12.1 Å². The van der Waals surface area contributed by atoms with Gasteiger partial charge in [-0.1, -0.05) is 49.1 Å². The van der Waals surface area contributed by atoms with E-state index in [4.69, 9.17) is 37.9 Å². The Balaban J connectivity index is 3.11. The smallest absolute Gasteiger partial charge is 0.346 e. The second-order valence-corrected chi connectivity index (χ2v) is 5.77. The zero-order chi connectivity index (χ0) is 15.5. The standard InChI is InChI=1S/C13H15Cl2NO4/c1-13(2,3)12(16-18)20-11(17)7-5-6-8(14)10(19-4)9(7)15/h5-6,18H,1-4H3. The average Bonchev–Trinajstić information content (AvgIpc) is 2.34. The number of rotatable bonds is 2. The number of methoxy groups -OCH3 is 1. The predicted molar refractivity (Wildman–Crippen MR) is 77.1 cm³/mol. The van der Waals surface area contributed by atoms with Crippen LogP contribution in [-0.2, 0) is 4.74 Å². The molecule has 0 bridgehead atoms. The molecule has 1 aromatic carbocycles. The van der Waals surface area contributed by atoms with Crippen LogP contribution in [0.4, 0.5) is 0 Å². The molecule has 0 heterocycles. The van der Waals surface area contributed by atoms with E-state index in [9.17, 15) is 4.79 Å². The molecular formula is C13H15Cl2NO4. The summed E-state index contributed by atoms with van der Waals surface area (Å²) in [6, 6.07) is 2.88. The first-order chi connectivity index (χ1) is 9.22. The van der Waals surface area contributed by atoms with Crippen LogP contribution in [0, 0.1) is 5.41 Å². The van der Waals surface area contributed by atoms with Crippen molar-refractivity contribution < 1.29 is 19.5 Å². The molecule has 0 saturated carbocycles. The fourth-order valence-corrected chi connectivity index (χ4v) is 1.95. The van der Waals surface area contributed by atoms with Gasteiger partial charge in [-0.25, -0.2) is 4.79 Å². The number of oxime groups is 1. The van der Waals surface area contributed by atoms with Gasteiger partial charge in [0.2, 0.25) is 5.90 Å². The Morgan fingerprint density at radius 1 is 1.30 bits per heavy atom. The summed E-state index contributed by atoms with van der Waals surface area (Å²) < 4.78 is 10.1. The molecule has 0 radical (unpaired) electrons. The number of halogens is 2. The third kappa shape index (κ3) is 3.55. The maximum atomic E-state index is 12.1. The third-order valence-electron chi connectivity index (χ3n) is 2.39. The second kappa shape index (κ2) is 6.33. The van der Waals surface area contributed by atoms with Gasteiger partial charge < -0.3 is 14.7 Å². The number of carbonyl (C=O) groups is 1. The molecule has 0 unspecified atom stereocenters. The maximum absolute atomic E-state index is 12.1. The van der Waals surface area contributed by atoms with E-state index >= 15 is 0 Å². The number of esters is 1. The van der Waals surface area contributed by atoms with Crippen molar-refractivity contribution in [3.05, 3.63) is 27.7 Å². The molecule has 7 heteroatoms. The van der Waals surface area contributed by atoms with Gasteiger partial charge in [0, 0.05) is 5.41 Å². The van der Waals surface area contributed by atoms with E-state index in [1.54, 1.807) is 20.8 Å². The summed E-state index contributed by atoms with van der Waals surface area (Å²) in [5.74, 6) is -0.693. The highest BCUT2D eigenvalue weighted by atomic mass is 35.5. The van der Waals surface area contributed by atoms with Gasteiger partial charge in [-0.3, -0.25) is 0 Å². The number of benzene rings is 1. The van der Waals surface area contributed by atoms with Crippen molar-refractivity contribution >= 4 is 35.1 Å². The number of hydrogen-bond donors (Lipinski definition) is 1. The minimum atomic E-state index is -0.757. The van der Waals surface area contributed by atoms with Crippen LogP contribution in [0.5, 0.6) is 5.75 Å². The second-order valence-electron chi connectivity index (χ2n) is 4.99. The lowest BCUT2D eigenvalue weighted by atomic mass is 9.97. The SMILES string of the molecule is COc1c(Cl)ccc(C(=O)OC(=NO)C(C)(C)C)c1Cl. The number of hydrogen-bond acceptors (Lipinski definition) is 5. The number of carbonyl (C=O) groups excluding carboxylic acids is 1. The van der Waals surface area contributed by atoms with Crippen molar-refractivity contribution in [2.24, 2.45) is 10.6 Å². The summed E-state index contributed by atoms with van der Waals surface area (Å²) in [5.41, 5.74) is -0.564. The summed E-state index contributed by atoms with van der Waals surface area (Å²) in [6.07, 6.45) is 0. The molecule has 0 spiro atoms. The maximum Gasteiger partial charge on any atom is 0.346 e. The fraction of sp³-hybridized carbons (Fsp3) is 0.385. The predicted octanol–water partition coefficient (Wildman–Crippen LogP) is 3.99. The molecule has 20 heavy (non-hydrogen) atoms. The Morgan fingerprint density at radius 2 is 1.90 bits per heavy atom. The van der Waals surface area contributed by atoms with Crippen LogP contribution >= 0.6 is 23.2 Å². The van der Waals surface area contributed by atoms with Crippen LogP contribution in [0.15, 0.2) is 17.3 Å². The van der Waals surface area contributed by atoms with Crippen LogP contribution in [0.2, 0.25) is 10.0 Å². The van der Waals surface area contributed by atoms with Crippen LogP contribution in [0.3, 0.4) is 0 Å². The zero-order valence-electron chi connectivity index (χ0n) is 11.5. The fourth-order valence-electron chi connectivity index (χ4n) is 1.34. The zero-order valence-corrected chi connectivity index (χ0v) is 13.0. The molecule has 0 aliphatic carbocycles. The van der Waals surface area contributed by atoms with E-state index in [1.807, 2.05) is 0 Å². The molecular weight excluding hydrogens is 305 g/mol. The summed E-state index contributed by atoms with van der Waals surface area (Å²) >= 11 is 11.9. The summed E-state index contributed by atoms with van der Waals surface area (Å²) in [5, 5.41) is 12.2. The van der Waals surface area contributed by atoms with Gasteiger partial charge in [-0.2, -0.15) is 0 Å². The molecule has 5 nitrogen and oxygen atoms in total. The van der Waals surface area contributed by atoms with E-state index in [1.165, 1.54) is 19.2 Å². The van der Waals surface area contributed by atoms with Crippen molar-refractivity contribution in [1.29, 1.82) is 0 Å². The highest BCUT2D eigenvalue weighted by molar-refractivity contribution is 6.39. The lowest BCUT2D eigenvalue weighted by Crippen LogP contribution is -2.26. The molecule has 0 aliphatic rings. The van der Waals surface area contributed by atoms with Crippen molar-refractivity contribution in [3.8, 4) is 5.75 Å². The highest BCUT2D eigenvalue weighted by Crippen LogP contribution is 2.35. The lowest BCUT2D eigenvalue weighted by Gasteiger charge is -2.19. The third-order valence-corrected chi connectivity index (χ3v) is 3.07. The molecule has 0 aliphatic heterocycles. The topological polar surface area (TPSA) is 68.1 Å². The van der Waals surface area contributed by atoms with Crippen molar-refractivity contribution in [2.75, 3.05) is 7.11 Å². The van der Waals surface area contributed by atoms with E-state index in [-0.39, 0.29) is 27.3 Å². The Bertz CT molecular complexity index is 550. The number of ether oxygens (including phenoxy) is 2. The van der Waals surface area contributed by atoms with Crippen LogP contribution in [0.25, 0.3) is 0 Å². The minimum Gasteiger partial charge on any atom is -0.494 e. The molecule has 1 rings (SSSR count).